The van der Waals surface area contributed by atoms with Gasteiger partial charge in [-0.3, -0.25) is 24.5 Å². The molecule has 176 valence electrons. The monoisotopic (exact) mass is 536 g/mol. The van der Waals surface area contributed by atoms with Crippen LogP contribution < -0.4 is 10.9 Å². The number of non-ortho nitro benzene ring substituents is 1. The first-order chi connectivity index (χ1) is 16.8. The van der Waals surface area contributed by atoms with Crippen LogP contribution >= 0.6 is 15.9 Å². The summed E-state index contributed by atoms with van der Waals surface area (Å²) in [7, 11) is 0. The number of carbonyl (C=O) groups excluding carboxylic acids is 2. The number of anilines is 1. The molecule has 0 aliphatic rings. The molecule has 0 aliphatic heterocycles. The van der Waals surface area contributed by atoms with E-state index < -0.39 is 22.9 Å². The second-order valence-corrected chi connectivity index (χ2v) is 8.27. The standard InChI is InChI=1S/C24H17BrN4O6/c25-18-12-15(29(33)34)10-11-19(18)26-24(32)22(14-6-2-1-3-7-14)35-21(30)13-20-16-8-4-5-9-17(16)23(31)28-27-20/h1-12,22H,13H2,(H,26,32)(H,28,31). The molecule has 0 aliphatic carbocycles. The Bertz CT molecular complexity index is 1490. The van der Waals surface area contributed by atoms with E-state index in [1.165, 1.54) is 18.2 Å². The van der Waals surface area contributed by atoms with Crippen molar-refractivity contribution in [2.24, 2.45) is 0 Å². The van der Waals surface area contributed by atoms with Gasteiger partial charge in [0.1, 0.15) is 0 Å². The fourth-order valence-electron chi connectivity index (χ4n) is 3.43. The van der Waals surface area contributed by atoms with Crippen LogP contribution in [0.5, 0.6) is 0 Å². The van der Waals surface area contributed by atoms with Crippen molar-refractivity contribution in [2.75, 3.05) is 5.32 Å². The third-order valence-corrected chi connectivity index (χ3v) is 5.75. The number of nitro benzene ring substituents is 1. The van der Waals surface area contributed by atoms with E-state index in [0.717, 1.165) is 0 Å². The summed E-state index contributed by atoms with van der Waals surface area (Å²) < 4.78 is 5.84. The summed E-state index contributed by atoms with van der Waals surface area (Å²) in [5.74, 6) is -1.39. The van der Waals surface area contributed by atoms with Gasteiger partial charge in [0.2, 0.25) is 6.10 Å². The van der Waals surface area contributed by atoms with Gasteiger partial charge in [0.15, 0.2) is 0 Å². The molecule has 1 unspecified atom stereocenters. The Morgan fingerprint density at radius 1 is 1.06 bits per heavy atom. The minimum absolute atomic E-state index is 0.151. The van der Waals surface area contributed by atoms with Crippen molar-refractivity contribution < 1.29 is 19.2 Å². The first-order valence-corrected chi connectivity index (χ1v) is 11.1. The number of rotatable bonds is 7. The number of aromatic nitrogens is 2. The predicted molar refractivity (Wildman–Crippen MR) is 131 cm³/mol. The van der Waals surface area contributed by atoms with Crippen molar-refractivity contribution in [3.05, 3.63) is 109 Å². The second kappa shape index (κ2) is 10.3. The number of nitrogens with one attached hydrogen (secondary N) is 2. The molecule has 1 aromatic heterocycles. The van der Waals surface area contributed by atoms with Crippen molar-refractivity contribution in [1.82, 2.24) is 10.2 Å². The molecule has 1 amide bonds. The zero-order valence-corrected chi connectivity index (χ0v) is 19.5. The molecule has 4 rings (SSSR count). The van der Waals surface area contributed by atoms with E-state index in [1.807, 2.05) is 0 Å². The molecule has 0 radical (unpaired) electrons. The van der Waals surface area contributed by atoms with E-state index >= 15 is 0 Å². The highest BCUT2D eigenvalue weighted by molar-refractivity contribution is 9.10. The Morgan fingerprint density at radius 3 is 2.43 bits per heavy atom. The van der Waals surface area contributed by atoms with Crippen LogP contribution in [-0.2, 0) is 20.7 Å². The van der Waals surface area contributed by atoms with E-state index in [1.54, 1.807) is 54.6 Å². The van der Waals surface area contributed by atoms with Gasteiger partial charge in [-0.15, -0.1) is 0 Å². The van der Waals surface area contributed by atoms with Gasteiger partial charge < -0.3 is 10.1 Å². The highest BCUT2D eigenvalue weighted by Crippen LogP contribution is 2.29. The molecule has 2 N–H and O–H groups in total. The summed E-state index contributed by atoms with van der Waals surface area (Å²) in [6.07, 6.45) is -1.59. The summed E-state index contributed by atoms with van der Waals surface area (Å²) in [5.41, 5.74) is 0.464. The average molecular weight is 537 g/mol. The SMILES string of the molecule is O=C(Cc1n[nH]c(=O)c2ccccc12)OC(C(=O)Nc1ccc([N+](=O)[O-])cc1Br)c1ccccc1. The molecule has 1 atom stereocenters. The van der Waals surface area contributed by atoms with Crippen LogP contribution in [0.3, 0.4) is 0 Å². The van der Waals surface area contributed by atoms with Gasteiger partial charge in [-0.2, -0.15) is 5.10 Å². The number of ether oxygens (including phenoxy) is 1. The van der Waals surface area contributed by atoms with E-state index in [0.29, 0.717) is 26.5 Å². The predicted octanol–water partition coefficient (Wildman–Crippen LogP) is 4.06. The molecule has 4 aromatic rings. The van der Waals surface area contributed by atoms with Crippen LogP contribution in [0.2, 0.25) is 0 Å². The third-order valence-electron chi connectivity index (χ3n) is 5.10. The summed E-state index contributed by atoms with van der Waals surface area (Å²) in [5, 5.41) is 20.8. The van der Waals surface area contributed by atoms with Crippen LogP contribution in [0.4, 0.5) is 11.4 Å². The lowest BCUT2D eigenvalue weighted by molar-refractivity contribution is -0.384. The maximum Gasteiger partial charge on any atom is 0.313 e. The Hall–Kier alpha value is -4.38. The van der Waals surface area contributed by atoms with Gasteiger partial charge >= 0.3 is 5.97 Å². The molecule has 11 heteroatoms. The lowest BCUT2D eigenvalue weighted by atomic mass is 10.1. The molecule has 0 saturated carbocycles. The molecule has 35 heavy (non-hydrogen) atoms. The van der Waals surface area contributed by atoms with Crippen LogP contribution in [0, 0.1) is 10.1 Å². The third kappa shape index (κ3) is 5.41. The highest BCUT2D eigenvalue weighted by atomic mass is 79.9. The average Bonchev–Trinajstić information content (AvgIpc) is 2.86. The van der Waals surface area contributed by atoms with E-state index in [2.05, 4.69) is 31.4 Å². The molecule has 1 heterocycles. The van der Waals surface area contributed by atoms with Crippen LogP contribution in [-0.4, -0.2) is 27.0 Å². The lowest BCUT2D eigenvalue weighted by Crippen LogP contribution is -2.27. The number of fused-ring (bicyclic) bond motifs is 1. The molecule has 0 spiro atoms. The number of amides is 1. The first kappa shape index (κ1) is 23.8. The number of H-pyrrole nitrogens is 1. The quantitative estimate of drug-likeness (QED) is 0.206. The fourth-order valence-corrected chi connectivity index (χ4v) is 3.90. The number of carbonyl (C=O) groups is 2. The summed E-state index contributed by atoms with van der Waals surface area (Å²) >= 11 is 3.21. The van der Waals surface area contributed by atoms with Crippen LogP contribution in [0.25, 0.3) is 10.8 Å². The zero-order chi connectivity index (χ0) is 24.9. The molecule has 0 saturated heterocycles. The Kier molecular flexibility index (Phi) is 6.97. The van der Waals surface area contributed by atoms with E-state index in [-0.39, 0.29) is 23.4 Å². The first-order valence-electron chi connectivity index (χ1n) is 10.3. The van der Waals surface area contributed by atoms with Gasteiger partial charge in [-0.25, -0.2) is 5.10 Å². The number of benzene rings is 3. The van der Waals surface area contributed by atoms with Crippen molar-refractivity contribution in [3.8, 4) is 0 Å². The Balaban J connectivity index is 1.58. The van der Waals surface area contributed by atoms with Crippen LogP contribution in [0.1, 0.15) is 17.4 Å². The Morgan fingerprint density at radius 2 is 1.74 bits per heavy atom. The number of hydrogen-bond donors (Lipinski definition) is 2. The Labute approximate surface area is 206 Å². The largest absolute Gasteiger partial charge is 0.447 e. The molecular formula is C24H17BrN4O6. The normalized spacial score (nSPS) is 11.6. The molecule has 0 bridgehead atoms. The fraction of sp³-hybridized carbons (Fsp3) is 0.0833. The minimum atomic E-state index is -1.31. The maximum absolute atomic E-state index is 13.1. The van der Waals surface area contributed by atoms with Crippen molar-refractivity contribution in [2.45, 2.75) is 12.5 Å². The summed E-state index contributed by atoms with van der Waals surface area (Å²) in [6, 6.07) is 19.0. The van der Waals surface area contributed by atoms with E-state index in [9.17, 15) is 24.5 Å². The number of halogens is 1. The van der Waals surface area contributed by atoms with Gasteiger partial charge in [0.25, 0.3) is 17.2 Å². The van der Waals surface area contributed by atoms with Crippen LogP contribution in [0.15, 0.2) is 82.1 Å². The lowest BCUT2D eigenvalue weighted by Gasteiger charge is -2.18. The van der Waals surface area contributed by atoms with Gasteiger partial charge in [-0.1, -0.05) is 48.5 Å². The maximum atomic E-state index is 13.1. The van der Waals surface area contributed by atoms with Gasteiger partial charge in [-0.05, 0) is 28.1 Å². The molecule has 10 nitrogen and oxygen atoms in total. The summed E-state index contributed by atoms with van der Waals surface area (Å²) in [4.78, 5) is 48.4. The number of esters is 1. The smallest absolute Gasteiger partial charge is 0.313 e. The second-order valence-electron chi connectivity index (χ2n) is 7.41. The number of nitrogens with zero attached hydrogens (tertiary/aromatic N) is 2. The molecule has 0 fully saturated rings. The van der Waals surface area contributed by atoms with Crippen molar-refractivity contribution in [3.63, 3.8) is 0 Å². The van der Waals surface area contributed by atoms with Gasteiger partial charge in [0.05, 0.1) is 28.1 Å². The van der Waals surface area contributed by atoms with Gasteiger partial charge in [0, 0.05) is 27.6 Å². The van der Waals surface area contributed by atoms with E-state index in [4.69, 9.17) is 4.74 Å². The number of nitro groups is 1. The topological polar surface area (TPSA) is 144 Å². The minimum Gasteiger partial charge on any atom is -0.447 e. The van der Waals surface area contributed by atoms with Crippen molar-refractivity contribution >= 4 is 50.0 Å². The number of hydrogen-bond acceptors (Lipinski definition) is 7. The van der Waals surface area contributed by atoms with Crippen molar-refractivity contribution in [1.29, 1.82) is 0 Å². The number of aromatic amines is 1. The highest BCUT2D eigenvalue weighted by Gasteiger charge is 2.26. The zero-order valence-electron chi connectivity index (χ0n) is 17.9. The molecular weight excluding hydrogens is 520 g/mol. The molecule has 3 aromatic carbocycles. The summed E-state index contributed by atoms with van der Waals surface area (Å²) in [6.45, 7) is 0.